The van der Waals surface area contributed by atoms with Gasteiger partial charge in [-0.05, 0) is 55.9 Å². The van der Waals surface area contributed by atoms with Gasteiger partial charge in [-0.3, -0.25) is 4.79 Å². The summed E-state index contributed by atoms with van der Waals surface area (Å²) >= 11 is 0. The third kappa shape index (κ3) is 3.97. The van der Waals surface area contributed by atoms with Gasteiger partial charge in [-0.2, -0.15) is 0 Å². The fourth-order valence-corrected chi connectivity index (χ4v) is 2.84. The highest BCUT2D eigenvalue weighted by atomic mass is 16.3. The van der Waals surface area contributed by atoms with E-state index in [1.54, 1.807) is 0 Å². The van der Waals surface area contributed by atoms with E-state index in [0.717, 1.165) is 49.2 Å². The van der Waals surface area contributed by atoms with Crippen molar-refractivity contribution in [2.24, 2.45) is 5.92 Å². The number of hydrogen-bond acceptors (Lipinski definition) is 3. The van der Waals surface area contributed by atoms with Gasteiger partial charge in [-0.1, -0.05) is 6.92 Å². The monoisotopic (exact) mass is 290 g/mol. The lowest BCUT2D eigenvalue weighted by molar-refractivity contribution is 0.0620. The minimum atomic E-state index is 0.0818. The van der Waals surface area contributed by atoms with Crippen LogP contribution >= 0.6 is 0 Å². The van der Waals surface area contributed by atoms with Gasteiger partial charge in [0, 0.05) is 37.5 Å². The maximum atomic E-state index is 12.6. The van der Waals surface area contributed by atoms with Crippen LogP contribution in [0.3, 0.4) is 0 Å². The quantitative estimate of drug-likeness (QED) is 0.876. The topological polar surface area (TPSA) is 52.6 Å². The number of amides is 1. The van der Waals surface area contributed by atoms with Crippen molar-refractivity contribution in [3.05, 3.63) is 29.3 Å². The molecular weight excluding hydrogens is 264 g/mol. The Hall–Kier alpha value is -1.55. The van der Waals surface area contributed by atoms with Crippen molar-refractivity contribution in [2.75, 3.05) is 31.6 Å². The Balaban J connectivity index is 2.07. The predicted molar refractivity (Wildman–Crippen MR) is 85.7 cm³/mol. The lowest BCUT2D eigenvalue weighted by Gasteiger charge is -2.32. The molecule has 4 nitrogen and oxygen atoms in total. The minimum absolute atomic E-state index is 0.0818. The van der Waals surface area contributed by atoms with Crippen molar-refractivity contribution in [3.63, 3.8) is 0 Å². The summed E-state index contributed by atoms with van der Waals surface area (Å²) < 4.78 is 0. The van der Waals surface area contributed by atoms with Crippen molar-refractivity contribution in [2.45, 2.75) is 33.1 Å². The molecule has 1 amide bonds. The van der Waals surface area contributed by atoms with E-state index in [-0.39, 0.29) is 18.4 Å². The van der Waals surface area contributed by atoms with Crippen molar-refractivity contribution in [1.82, 2.24) is 4.90 Å². The second-order valence-corrected chi connectivity index (χ2v) is 5.90. The molecule has 4 heteroatoms. The molecular formula is C17H26N2O2. The van der Waals surface area contributed by atoms with Gasteiger partial charge < -0.3 is 15.3 Å². The fourth-order valence-electron chi connectivity index (χ4n) is 2.84. The number of nitrogens with zero attached hydrogens (tertiary/aromatic N) is 1. The molecule has 116 valence electrons. The molecule has 1 heterocycles. The fraction of sp³-hybridized carbons (Fsp3) is 0.588. The summed E-state index contributed by atoms with van der Waals surface area (Å²) in [4.78, 5) is 14.4. The maximum absolute atomic E-state index is 12.6. The number of aliphatic hydroxyl groups is 1. The number of carbonyl (C=O) groups is 1. The molecule has 1 fully saturated rings. The van der Waals surface area contributed by atoms with Crippen LogP contribution in [0.2, 0.25) is 0 Å². The van der Waals surface area contributed by atoms with E-state index in [9.17, 15) is 9.90 Å². The Labute approximate surface area is 127 Å². The smallest absolute Gasteiger partial charge is 0.253 e. The SMILES string of the molecule is CCCNc1ccc(C(=O)N2CCCC(CO)C2)cc1C. The Morgan fingerprint density at radius 1 is 1.48 bits per heavy atom. The second kappa shape index (κ2) is 7.46. The van der Waals surface area contributed by atoms with Crippen LogP contribution in [0.15, 0.2) is 18.2 Å². The number of likely N-dealkylation sites (tertiary alicyclic amines) is 1. The normalized spacial score (nSPS) is 18.6. The molecule has 1 unspecified atom stereocenters. The first-order chi connectivity index (χ1) is 10.2. The molecule has 0 aromatic heterocycles. The van der Waals surface area contributed by atoms with Crippen LogP contribution < -0.4 is 5.32 Å². The number of piperidine rings is 1. The lowest BCUT2D eigenvalue weighted by atomic mass is 9.98. The van der Waals surface area contributed by atoms with Crippen molar-refractivity contribution >= 4 is 11.6 Å². The molecule has 2 rings (SSSR count). The highest BCUT2D eigenvalue weighted by molar-refractivity contribution is 5.95. The van der Waals surface area contributed by atoms with E-state index in [1.807, 2.05) is 30.0 Å². The first kappa shape index (κ1) is 15.8. The highest BCUT2D eigenvalue weighted by Crippen LogP contribution is 2.21. The largest absolute Gasteiger partial charge is 0.396 e. The van der Waals surface area contributed by atoms with Gasteiger partial charge in [0.05, 0.1) is 0 Å². The van der Waals surface area contributed by atoms with Crippen LogP contribution in [-0.2, 0) is 0 Å². The summed E-state index contributed by atoms with van der Waals surface area (Å²) in [5, 5.41) is 12.6. The number of hydrogen-bond donors (Lipinski definition) is 2. The van der Waals surface area contributed by atoms with E-state index in [2.05, 4.69) is 12.2 Å². The van der Waals surface area contributed by atoms with Gasteiger partial charge in [0.25, 0.3) is 5.91 Å². The summed E-state index contributed by atoms with van der Waals surface area (Å²) in [5.41, 5.74) is 2.94. The third-order valence-corrected chi connectivity index (χ3v) is 4.10. The van der Waals surface area contributed by atoms with E-state index >= 15 is 0 Å². The molecule has 2 N–H and O–H groups in total. The summed E-state index contributed by atoms with van der Waals surface area (Å²) in [6.07, 6.45) is 3.07. The van der Waals surface area contributed by atoms with Crippen molar-refractivity contribution in [1.29, 1.82) is 0 Å². The Kier molecular flexibility index (Phi) is 5.62. The van der Waals surface area contributed by atoms with Crippen molar-refractivity contribution in [3.8, 4) is 0 Å². The molecule has 1 atom stereocenters. The number of rotatable bonds is 5. The van der Waals surface area contributed by atoms with Crippen LogP contribution in [0.25, 0.3) is 0 Å². The average molecular weight is 290 g/mol. The zero-order chi connectivity index (χ0) is 15.2. The number of aryl methyl sites for hydroxylation is 1. The maximum Gasteiger partial charge on any atom is 0.253 e. The molecule has 0 saturated carbocycles. The Morgan fingerprint density at radius 3 is 2.95 bits per heavy atom. The summed E-state index contributed by atoms with van der Waals surface area (Å²) in [5.74, 6) is 0.313. The number of aliphatic hydroxyl groups excluding tert-OH is 1. The zero-order valence-corrected chi connectivity index (χ0v) is 13.1. The van der Waals surface area contributed by atoms with Crippen molar-refractivity contribution < 1.29 is 9.90 Å². The minimum Gasteiger partial charge on any atom is -0.396 e. The Morgan fingerprint density at radius 2 is 2.29 bits per heavy atom. The number of anilines is 1. The summed E-state index contributed by atoms with van der Waals surface area (Å²) in [7, 11) is 0. The second-order valence-electron chi connectivity index (χ2n) is 5.90. The van der Waals surface area contributed by atoms with E-state index in [1.165, 1.54) is 0 Å². The van der Waals surface area contributed by atoms with Crippen LogP contribution in [0.1, 0.15) is 42.1 Å². The first-order valence-corrected chi connectivity index (χ1v) is 7.90. The van der Waals surface area contributed by atoms with Gasteiger partial charge in [-0.15, -0.1) is 0 Å². The molecule has 0 radical (unpaired) electrons. The van der Waals surface area contributed by atoms with Gasteiger partial charge in [0.15, 0.2) is 0 Å². The molecule has 0 aliphatic carbocycles. The van der Waals surface area contributed by atoms with Crippen LogP contribution in [0, 0.1) is 12.8 Å². The van der Waals surface area contributed by atoms with Gasteiger partial charge in [0.1, 0.15) is 0 Å². The molecule has 1 aliphatic rings. The number of benzene rings is 1. The molecule has 1 aromatic rings. The van der Waals surface area contributed by atoms with E-state index in [4.69, 9.17) is 0 Å². The standard InChI is InChI=1S/C17H26N2O2/c1-3-8-18-16-7-6-15(10-13(16)2)17(21)19-9-4-5-14(11-19)12-20/h6-7,10,14,18,20H,3-5,8-9,11-12H2,1-2H3. The van der Waals surface area contributed by atoms with Gasteiger partial charge >= 0.3 is 0 Å². The van der Waals surface area contributed by atoms with Crippen LogP contribution in [0.5, 0.6) is 0 Å². The lowest BCUT2D eigenvalue weighted by Crippen LogP contribution is -2.40. The van der Waals surface area contributed by atoms with Gasteiger partial charge in [-0.25, -0.2) is 0 Å². The predicted octanol–water partition coefficient (Wildman–Crippen LogP) is 2.66. The first-order valence-electron chi connectivity index (χ1n) is 7.90. The number of nitrogens with one attached hydrogen (secondary N) is 1. The van der Waals surface area contributed by atoms with Gasteiger partial charge in [0.2, 0.25) is 0 Å². The number of carbonyl (C=O) groups excluding carboxylic acids is 1. The van der Waals surface area contributed by atoms with Crippen LogP contribution in [0.4, 0.5) is 5.69 Å². The molecule has 21 heavy (non-hydrogen) atoms. The average Bonchev–Trinajstić information content (AvgIpc) is 2.53. The molecule has 1 saturated heterocycles. The Bertz CT molecular complexity index is 488. The molecule has 0 bridgehead atoms. The molecule has 1 aliphatic heterocycles. The summed E-state index contributed by atoms with van der Waals surface area (Å²) in [6.45, 7) is 6.74. The zero-order valence-electron chi connectivity index (χ0n) is 13.1. The highest BCUT2D eigenvalue weighted by Gasteiger charge is 2.24. The summed E-state index contributed by atoms with van der Waals surface area (Å²) in [6, 6.07) is 5.85. The molecule has 0 spiro atoms. The van der Waals surface area contributed by atoms with E-state index in [0.29, 0.717) is 6.54 Å². The van der Waals surface area contributed by atoms with Crippen LogP contribution in [-0.4, -0.2) is 42.2 Å². The third-order valence-electron chi connectivity index (χ3n) is 4.10. The molecule has 1 aromatic carbocycles. The van der Waals surface area contributed by atoms with E-state index < -0.39 is 0 Å².